The fraction of sp³-hybridized carbons (Fsp3) is 0.562. The minimum absolute atomic E-state index is 0.0338. The highest BCUT2D eigenvalue weighted by molar-refractivity contribution is 7.98. The molecule has 8 heteroatoms. The Bertz CT molecular complexity index is 659. The predicted octanol–water partition coefficient (Wildman–Crippen LogP) is 2.36. The van der Waals surface area contributed by atoms with Gasteiger partial charge in [-0.3, -0.25) is 4.79 Å². The molecular formula is C16H23ClN2O3S2. The topological polar surface area (TPSA) is 66.5 Å². The van der Waals surface area contributed by atoms with Crippen LogP contribution in [0.15, 0.2) is 24.3 Å². The second-order valence-corrected chi connectivity index (χ2v) is 9.43. The summed E-state index contributed by atoms with van der Waals surface area (Å²) in [5.74, 6) is 1.65. The molecule has 1 aliphatic rings. The summed E-state index contributed by atoms with van der Waals surface area (Å²) >= 11 is 7.69. The van der Waals surface area contributed by atoms with E-state index in [0.29, 0.717) is 32.5 Å². The molecule has 0 saturated carbocycles. The van der Waals surface area contributed by atoms with E-state index < -0.39 is 10.0 Å². The monoisotopic (exact) mass is 390 g/mol. The van der Waals surface area contributed by atoms with Gasteiger partial charge >= 0.3 is 0 Å². The SMILES string of the molecule is CS(=O)(=O)N1CCC(C(=O)NCCSCc2cccc(Cl)c2)CC1. The lowest BCUT2D eigenvalue weighted by molar-refractivity contribution is -0.125. The van der Waals surface area contributed by atoms with Crippen molar-refractivity contribution >= 4 is 39.3 Å². The fourth-order valence-electron chi connectivity index (χ4n) is 2.66. The Hall–Kier alpha value is -0.760. The molecule has 1 N–H and O–H groups in total. The van der Waals surface area contributed by atoms with Gasteiger partial charge in [-0.25, -0.2) is 12.7 Å². The Morgan fingerprint density at radius 1 is 1.38 bits per heavy atom. The highest BCUT2D eigenvalue weighted by atomic mass is 35.5. The van der Waals surface area contributed by atoms with Gasteiger partial charge in [0.15, 0.2) is 0 Å². The number of carbonyl (C=O) groups excluding carboxylic acids is 1. The second kappa shape index (κ2) is 9.08. The number of nitrogens with zero attached hydrogens (tertiary/aromatic N) is 1. The zero-order chi connectivity index (χ0) is 17.6. The van der Waals surface area contributed by atoms with Gasteiger partial charge in [0.05, 0.1) is 6.26 Å². The van der Waals surface area contributed by atoms with Crippen LogP contribution >= 0.6 is 23.4 Å². The number of nitrogens with one attached hydrogen (secondary N) is 1. The molecule has 24 heavy (non-hydrogen) atoms. The molecule has 2 rings (SSSR count). The maximum absolute atomic E-state index is 12.1. The number of hydrogen-bond acceptors (Lipinski definition) is 4. The fourth-order valence-corrected chi connectivity index (χ4v) is 4.55. The number of carbonyl (C=O) groups is 1. The van der Waals surface area contributed by atoms with Gasteiger partial charge in [-0.1, -0.05) is 23.7 Å². The normalized spacial score (nSPS) is 16.9. The molecule has 1 aromatic carbocycles. The Morgan fingerprint density at radius 2 is 2.08 bits per heavy atom. The highest BCUT2D eigenvalue weighted by Gasteiger charge is 2.28. The first kappa shape index (κ1) is 19.6. The summed E-state index contributed by atoms with van der Waals surface area (Å²) in [6.45, 7) is 1.48. The number of halogens is 1. The molecule has 1 saturated heterocycles. The van der Waals surface area contributed by atoms with Gasteiger partial charge in [-0.2, -0.15) is 11.8 Å². The molecule has 0 atom stereocenters. The molecule has 0 aliphatic carbocycles. The zero-order valence-electron chi connectivity index (χ0n) is 13.7. The van der Waals surface area contributed by atoms with Crippen molar-refractivity contribution in [3.8, 4) is 0 Å². The van der Waals surface area contributed by atoms with Crippen LogP contribution in [0.1, 0.15) is 18.4 Å². The van der Waals surface area contributed by atoms with Gasteiger partial charge < -0.3 is 5.32 Å². The van der Waals surface area contributed by atoms with Gasteiger partial charge in [0.25, 0.3) is 0 Å². The standard InChI is InChI=1S/C16H23ClN2O3S2/c1-24(21,22)19-8-5-14(6-9-19)16(20)18-7-10-23-12-13-3-2-4-15(17)11-13/h2-4,11,14H,5-10,12H2,1H3,(H,18,20). The summed E-state index contributed by atoms with van der Waals surface area (Å²) in [7, 11) is -3.14. The molecule has 0 aromatic heterocycles. The van der Waals surface area contributed by atoms with Gasteiger partial charge in [-0.05, 0) is 30.5 Å². The van der Waals surface area contributed by atoms with Crippen LogP contribution in [0.2, 0.25) is 5.02 Å². The minimum atomic E-state index is -3.14. The third kappa shape index (κ3) is 6.27. The van der Waals surface area contributed by atoms with E-state index in [1.165, 1.54) is 16.1 Å². The first-order valence-electron chi connectivity index (χ1n) is 7.91. The van der Waals surface area contributed by atoms with E-state index in [-0.39, 0.29) is 11.8 Å². The average Bonchev–Trinajstić information content (AvgIpc) is 2.54. The van der Waals surface area contributed by atoms with E-state index in [4.69, 9.17) is 11.6 Å². The van der Waals surface area contributed by atoms with E-state index in [1.54, 1.807) is 11.8 Å². The second-order valence-electron chi connectivity index (χ2n) is 5.91. The van der Waals surface area contributed by atoms with Crippen molar-refractivity contribution in [1.29, 1.82) is 0 Å². The molecule has 0 radical (unpaired) electrons. The lowest BCUT2D eigenvalue weighted by Gasteiger charge is -2.29. The first-order chi connectivity index (χ1) is 11.4. The van der Waals surface area contributed by atoms with Crippen molar-refractivity contribution in [2.24, 2.45) is 5.92 Å². The average molecular weight is 391 g/mol. The van der Waals surface area contributed by atoms with Crippen LogP contribution < -0.4 is 5.32 Å². The summed E-state index contributed by atoms with van der Waals surface area (Å²) in [6, 6.07) is 7.77. The number of thioether (sulfide) groups is 1. The number of piperidine rings is 1. The maximum atomic E-state index is 12.1. The van der Waals surface area contributed by atoms with Crippen LogP contribution in [-0.2, 0) is 20.6 Å². The lowest BCUT2D eigenvalue weighted by atomic mass is 9.97. The molecule has 1 aromatic rings. The van der Waals surface area contributed by atoms with E-state index in [0.717, 1.165) is 16.5 Å². The highest BCUT2D eigenvalue weighted by Crippen LogP contribution is 2.19. The summed E-state index contributed by atoms with van der Waals surface area (Å²) in [4.78, 5) is 12.1. The van der Waals surface area contributed by atoms with Crippen molar-refractivity contribution in [3.63, 3.8) is 0 Å². The van der Waals surface area contributed by atoms with Crippen molar-refractivity contribution < 1.29 is 13.2 Å². The van der Waals surface area contributed by atoms with Gasteiger partial charge in [0.1, 0.15) is 0 Å². The number of amides is 1. The summed E-state index contributed by atoms with van der Waals surface area (Å²) in [6.07, 6.45) is 2.40. The van der Waals surface area contributed by atoms with E-state index in [2.05, 4.69) is 5.32 Å². The van der Waals surface area contributed by atoms with E-state index in [9.17, 15) is 13.2 Å². The molecule has 0 unspecified atom stereocenters. The maximum Gasteiger partial charge on any atom is 0.223 e. The van der Waals surface area contributed by atoms with Gasteiger partial charge in [-0.15, -0.1) is 0 Å². The predicted molar refractivity (Wildman–Crippen MR) is 99.8 cm³/mol. The molecule has 0 bridgehead atoms. The first-order valence-corrected chi connectivity index (χ1v) is 11.3. The van der Waals surface area contributed by atoms with Crippen LogP contribution in [0.4, 0.5) is 0 Å². The summed E-state index contributed by atoms with van der Waals surface area (Å²) < 4.78 is 24.4. The number of benzene rings is 1. The van der Waals surface area contributed by atoms with E-state index >= 15 is 0 Å². The number of sulfonamides is 1. The Morgan fingerprint density at radius 3 is 2.71 bits per heavy atom. The molecule has 1 fully saturated rings. The summed E-state index contributed by atoms with van der Waals surface area (Å²) in [5.41, 5.74) is 1.17. The van der Waals surface area contributed by atoms with Crippen LogP contribution in [0.25, 0.3) is 0 Å². The molecule has 0 spiro atoms. The lowest BCUT2D eigenvalue weighted by Crippen LogP contribution is -2.42. The largest absolute Gasteiger partial charge is 0.355 e. The van der Waals surface area contributed by atoms with Crippen LogP contribution in [-0.4, -0.2) is 50.3 Å². The van der Waals surface area contributed by atoms with Gasteiger partial charge in [0, 0.05) is 42.1 Å². The molecule has 1 aliphatic heterocycles. The Balaban J connectivity index is 1.62. The van der Waals surface area contributed by atoms with Gasteiger partial charge in [0.2, 0.25) is 15.9 Å². The number of rotatable bonds is 7. The van der Waals surface area contributed by atoms with Crippen molar-refractivity contribution in [3.05, 3.63) is 34.9 Å². The third-order valence-corrected chi connectivity index (χ3v) is 6.57. The van der Waals surface area contributed by atoms with Crippen LogP contribution in [0, 0.1) is 5.92 Å². The van der Waals surface area contributed by atoms with E-state index in [1.807, 2.05) is 24.3 Å². The molecule has 1 amide bonds. The van der Waals surface area contributed by atoms with Crippen LogP contribution in [0.3, 0.4) is 0 Å². The third-order valence-electron chi connectivity index (χ3n) is 4.00. The summed E-state index contributed by atoms with van der Waals surface area (Å²) in [5, 5.41) is 3.69. The minimum Gasteiger partial charge on any atom is -0.355 e. The van der Waals surface area contributed by atoms with Crippen LogP contribution in [0.5, 0.6) is 0 Å². The van der Waals surface area contributed by atoms with Crippen molar-refractivity contribution in [2.75, 3.05) is 31.6 Å². The Kier molecular flexibility index (Phi) is 7.40. The zero-order valence-corrected chi connectivity index (χ0v) is 16.1. The molecule has 134 valence electrons. The quantitative estimate of drug-likeness (QED) is 0.726. The molecular weight excluding hydrogens is 368 g/mol. The number of hydrogen-bond donors (Lipinski definition) is 1. The Labute approximate surface area is 153 Å². The van der Waals surface area contributed by atoms with Crippen molar-refractivity contribution in [1.82, 2.24) is 9.62 Å². The smallest absolute Gasteiger partial charge is 0.223 e. The van der Waals surface area contributed by atoms with Crippen molar-refractivity contribution in [2.45, 2.75) is 18.6 Å². The molecule has 1 heterocycles. The molecule has 5 nitrogen and oxygen atoms in total.